The number of carbonyl (C=O) groups excluding carboxylic acids is 3. The fraction of sp³-hybridized carbons (Fsp3) is 0.238. The van der Waals surface area contributed by atoms with Gasteiger partial charge in [0.05, 0.1) is 49.9 Å². The normalized spacial score (nSPS) is 13.6. The fourth-order valence-electron chi connectivity index (χ4n) is 3.00. The average Bonchev–Trinajstić information content (AvgIpc) is 2.81. The van der Waals surface area contributed by atoms with E-state index >= 15 is 0 Å². The molecule has 0 spiro atoms. The third-order valence-corrected chi connectivity index (χ3v) is 4.43. The smallest absolute Gasteiger partial charge is 0.355 e. The van der Waals surface area contributed by atoms with Crippen LogP contribution in [0.3, 0.4) is 0 Å². The lowest BCUT2D eigenvalue weighted by molar-refractivity contribution is -0.140. The highest BCUT2D eigenvalue weighted by molar-refractivity contribution is 6.06. The van der Waals surface area contributed by atoms with E-state index in [1.54, 1.807) is 42.6 Å². The molecule has 9 heteroatoms. The van der Waals surface area contributed by atoms with Crippen molar-refractivity contribution < 1.29 is 28.6 Å². The molecule has 1 aliphatic rings. The summed E-state index contributed by atoms with van der Waals surface area (Å²) in [6.07, 6.45) is 1.64. The molecule has 0 bridgehead atoms. The minimum atomic E-state index is -0.734. The third kappa shape index (κ3) is 4.47. The number of aromatic nitrogens is 1. The highest BCUT2D eigenvalue weighted by atomic mass is 16.5. The largest absolute Gasteiger partial charge is 0.466 e. The Labute approximate surface area is 173 Å². The maximum absolute atomic E-state index is 12.9. The lowest BCUT2D eigenvalue weighted by atomic mass is 10.1. The number of ether oxygens (including phenoxy) is 3. The maximum atomic E-state index is 12.9. The number of pyridine rings is 1. The quantitative estimate of drug-likeness (QED) is 0.711. The SMILES string of the molecule is COC(=O)C1=C(C(=O)OC)N(c2ccccc2C(=O)NCc2ccccn2)COC1. The summed E-state index contributed by atoms with van der Waals surface area (Å²) in [7, 11) is 2.42. The van der Waals surface area contributed by atoms with Crippen LogP contribution in [0.25, 0.3) is 0 Å². The molecule has 2 aromatic rings. The molecule has 3 rings (SSSR count). The maximum Gasteiger partial charge on any atom is 0.355 e. The second kappa shape index (κ2) is 9.66. The number of carbonyl (C=O) groups is 3. The average molecular weight is 411 g/mol. The molecule has 156 valence electrons. The number of nitrogens with one attached hydrogen (secondary N) is 1. The second-order valence-corrected chi connectivity index (χ2v) is 6.24. The Morgan fingerprint density at radius 1 is 1.07 bits per heavy atom. The number of esters is 2. The van der Waals surface area contributed by atoms with Gasteiger partial charge in [0.25, 0.3) is 5.91 Å². The molecule has 1 aromatic heterocycles. The molecule has 0 unspecified atom stereocenters. The van der Waals surface area contributed by atoms with Gasteiger partial charge in [-0.15, -0.1) is 0 Å². The van der Waals surface area contributed by atoms with E-state index in [0.717, 1.165) is 0 Å². The molecule has 1 N–H and O–H groups in total. The summed E-state index contributed by atoms with van der Waals surface area (Å²) in [5.41, 5.74) is 1.37. The number of hydrogen-bond donors (Lipinski definition) is 1. The Bertz CT molecular complexity index is 974. The van der Waals surface area contributed by atoms with Crippen molar-refractivity contribution in [2.75, 3.05) is 32.5 Å². The first kappa shape index (κ1) is 21.0. The van der Waals surface area contributed by atoms with E-state index < -0.39 is 11.9 Å². The Morgan fingerprint density at radius 3 is 2.50 bits per heavy atom. The molecular formula is C21H21N3O6. The summed E-state index contributed by atoms with van der Waals surface area (Å²) >= 11 is 0. The minimum Gasteiger partial charge on any atom is -0.466 e. The van der Waals surface area contributed by atoms with Gasteiger partial charge in [0, 0.05) is 6.20 Å². The zero-order chi connectivity index (χ0) is 21.5. The van der Waals surface area contributed by atoms with Crippen LogP contribution < -0.4 is 10.2 Å². The van der Waals surface area contributed by atoms with Crippen LogP contribution >= 0.6 is 0 Å². The lowest BCUT2D eigenvalue weighted by Gasteiger charge is -2.32. The zero-order valence-electron chi connectivity index (χ0n) is 16.6. The van der Waals surface area contributed by atoms with Crippen LogP contribution in [0.4, 0.5) is 5.69 Å². The highest BCUT2D eigenvalue weighted by Gasteiger charge is 2.33. The molecule has 30 heavy (non-hydrogen) atoms. The van der Waals surface area contributed by atoms with Gasteiger partial charge >= 0.3 is 11.9 Å². The third-order valence-electron chi connectivity index (χ3n) is 4.43. The highest BCUT2D eigenvalue weighted by Crippen LogP contribution is 2.29. The fourth-order valence-corrected chi connectivity index (χ4v) is 3.00. The lowest BCUT2D eigenvalue weighted by Crippen LogP contribution is -2.40. The van der Waals surface area contributed by atoms with Crippen LogP contribution in [0, 0.1) is 0 Å². The van der Waals surface area contributed by atoms with Crippen molar-refractivity contribution in [1.82, 2.24) is 10.3 Å². The van der Waals surface area contributed by atoms with Gasteiger partial charge in [-0.2, -0.15) is 0 Å². The van der Waals surface area contributed by atoms with Gasteiger partial charge in [-0.25, -0.2) is 9.59 Å². The van der Waals surface area contributed by atoms with Crippen LogP contribution in [-0.4, -0.2) is 50.4 Å². The van der Waals surface area contributed by atoms with Crippen LogP contribution in [0.2, 0.25) is 0 Å². The Morgan fingerprint density at radius 2 is 1.80 bits per heavy atom. The van der Waals surface area contributed by atoms with E-state index in [0.29, 0.717) is 16.9 Å². The second-order valence-electron chi connectivity index (χ2n) is 6.24. The van der Waals surface area contributed by atoms with Crippen molar-refractivity contribution >= 4 is 23.5 Å². The first-order valence-electron chi connectivity index (χ1n) is 9.09. The summed E-state index contributed by atoms with van der Waals surface area (Å²) in [6, 6.07) is 12.1. The number of benzene rings is 1. The summed E-state index contributed by atoms with van der Waals surface area (Å²) in [5, 5.41) is 2.81. The Balaban J connectivity index is 1.95. The number of para-hydroxylation sites is 1. The summed E-state index contributed by atoms with van der Waals surface area (Å²) < 4.78 is 15.1. The Kier molecular flexibility index (Phi) is 6.76. The number of methoxy groups -OCH3 is 2. The van der Waals surface area contributed by atoms with E-state index in [4.69, 9.17) is 14.2 Å². The summed E-state index contributed by atoms with van der Waals surface area (Å²) in [6.45, 7) is 0.0781. The molecule has 0 saturated carbocycles. The minimum absolute atomic E-state index is 0.0132. The van der Waals surface area contributed by atoms with Crippen molar-refractivity contribution in [2.24, 2.45) is 0 Å². The van der Waals surface area contributed by atoms with Crippen LogP contribution in [-0.2, 0) is 30.3 Å². The summed E-state index contributed by atoms with van der Waals surface area (Å²) in [4.78, 5) is 43.1. The van der Waals surface area contributed by atoms with Crippen LogP contribution in [0.5, 0.6) is 0 Å². The number of amides is 1. The first-order chi connectivity index (χ1) is 14.6. The zero-order valence-corrected chi connectivity index (χ0v) is 16.6. The van der Waals surface area contributed by atoms with Crippen LogP contribution in [0.15, 0.2) is 59.9 Å². The van der Waals surface area contributed by atoms with E-state index in [2.05, 4.69) is 10.3 Å². The summed E-state index contributed by atoms with van der Waals surface area (Å²) in [5.74, 6) is -1.81. The van der Waals surface area contributed by atoms with Crippen molar-refractivity contribution in [2.45, 2.75) is 6.54 Å². The molecule has 0 saturated heterocycles. The molecular weight excluding hydrogens is 390 g/mol. The molecule has 1 aliphatic heterocycles. The molecule has 9 nitrogen and oxygen atoms in total. The van der Waals surface area contributed by atoms with Gasteiger partial charge in [-0.3, -0.25) is 9.78 Å². The molecule has 0 atom stereocenters. The van der Waals surface area contributed by atoms with Gasteiger partial charge in [0.15, 0.2) is 0 Å². The van der Waals surface area contributed by atoms with E-state index in [1.165, 1.54) is 19.1 Å². The molecule has 0 radical (unpaired) electrons. The molecule has 0 fully saturated rings. The number of anilines is 1. The van der Waals surface area contributed by atoms with E-state index in [9.17, 15) is 14.4 Å². The van der Waals surface area contributed by atoms with Crippen molar-refractivity contribution in [3.63, 3.8) is 0 Å². The van der Waals surface area contributed by atoms with Crippen LogP contribution in [0.1, 0.15) is 16.1 Å². The predicted molar refractivity (Wildman–Crippen MR) is 106 cm³/mol. The number of nitrogens with zero attached hydrogens (tertiary/aromatic N) is 2. The molecule has 2 heterocycles. The van der Waals surface area contributed by atoms with E-state index in [1.807, 2.05) is 6.07 Å². The standard InChI is InChI=1S/C21H21N3O6/c1-28-20(26)16-12-30-13-24(18(16)21(27)29-2)17-9-4-3-8-15(17)19(25)23-11-14-7-5-6-10-22-14/h3-10H,11-13H2,1-2H3,(H,23,25). The molecule has 1 amide bonds. The number of hydrogen-bond acceptors (Lipinski definition) is 8. The Hall–Kier alpha value is -3.72. The first-order valence-corrected chi connectivity index (χ1v) is 9.09. The van der Waals surface area contributed by atoms with Gasteiger partial charge in [0.1, 0.15) is 12.4 Å². The van der Waals surface area contributed by atoms with Crippen molar-refractivity contribution in [3.05, 3.63) is 71.2 Å². The predicted octanol–water partition coefficient (Wildman–Crippen LogP) is 1.41. The topological polar surface area (TPSA) is 107 Å². The van der Waals surface area contributed by atoms with Gasteiger partial charge < -0.3 is 24.4 Å². The van der Waals surface area contributed by atoms with E-state index in [-0.39, 0.29) is 37.1 Å². The molecule has 0 aliphatic carbocycles. The van der Waals surface area contributed by atoms with Crippen molar-refractivity contribution in [1.29, 1.82) is 0 Å². The van der Waals surface area contributed by atoms with Crippen molar-refractivity contribution in [3.8, 4) is 0 Å². The molecule has 1 aromatic carbocycles. The van der Waals surface area contributed by atoms with Gasteiger partial charge in [-0.05, 0) is 24.3 Å². The number of rotatable bonds is 6. The monoisotopic (exact) mass is 411 g/mol. The van der Waals surface area contributed by atoms with Gasteiger partial charge in [-0.1, -0.05) is 18.2 Å². The van der Waals surface area contributed by atoms with Gasteiger partial charge in [0.2, 0.25) is 0 Å².